The molecule has 0 aliphatic carbocycles. The molecule has 2 aromatic carbocycles. The maximum atomic E-state index is 12.5. The standard InChI is InChI=1S/C16H18ClNO3S/c1-3-21-14-10-8-13(9-11-14)12-18(2)22(19,20)16-7-5-4-6-15(16)17/h4-11H,3,12H2,1-2H3. The lowest BCUT2D eigenvalue weighted by molar-refractivity contribution is 0.340. The minimum Gasteiger partial charge on any atom is -0.494 e. The zero-order valence-electron chi connectivity index (χ0n) is 12.5. The minimum atomic E-state index is -3.62. The molecule has 0 saturated heterocycles. The highest BCUT2D eigenvalue weighted by Gasteiger charge is 2.23. The fourth-order valence-electron chi connectivity index (χ4n) is 2.02. The maximum Gasteiger partial charge on any atom is 0.244 e. The molecule has 0 atom stereocenters. The van der Waals surface area contributed by atoms with Crippen LogP contribution in [0.1, 0.15) is 12.5 Å². The van der Waals surface area contributed by atoms with Crippen LogP contribution in [-0.2, 0) is 16.6 Å². The molecule has 2 rings (SSSR count). The molecule has 0 unspecified atom stereocenters. The summed E-state index contributed by atoms with van der Waals surface area (Å²) in [5.41, 5.74) is 0.876. The van der Waals surface area contributed by atoms with E-state index in [0.29, 0.717) is 6.61 Å². The van der Waals surface area contributed by atoms with Gasteiger partial charge in [-0.1, -0.05) is 35.9 Å². The van der Waals surface area contributed by atoms with Crippen LogP contribution in [0.3, 0.4) is 0 Å². The fraction of sp³-hybridized carbons (Fsp3) is 0.250. The molecular formula is C16H18ClNO3S. The zero-order chi connectivity index (χ0) is 16.2. The predicted octanol–water partition coefficient (Wildman–Crippen LogP) is 3.56. The lowest BCUT2D eigenvalue weighted by Gasteiger charge is -2.18. The van der Waals surface area contributed by atoms with Crippen molar-refractivity contribution in [2.75, 3.05) is 13.7 Å². The van der Waals surface area contributed by atoms with Crippen LogP contribution in [0.4, 0.5) is 0 Å². The first-order valence-electron chi connectivity index (χ1n) is 6.87. The Morgan fingerprint density at radius 2 is 1.73 bits per heavy atom. The smallest absolute Gasteiger partial charge is 0.244 e. The van der Waals surface area contributed by atoms with Gasteiger partial charge in [0.05, 0.1) is 11.6 Å². The van der Waals surface area contributed by atoms with Crippen molar-refractivity contribution < 1.29 is 13.2 Å². The Labute approximate surface area is 136 Å². The summed E-state index contributed by atoms with van der Waals surface area (Å²) in [5, 5.41) is 0.223. The molecule has 0 heterocycles. The van der Waals surface area contributed by atoms with Gasteiger partial charge in [0.2, 0.25) is 10.0 Å². The highest BCUT2D eigenvalue weighted by molar-refractivity contribution is 7.89. The van der Waals surface area contributed by atoms with Gasteiger partial charge >= 0.3 is 0 Å². The third-order valence-corrected chi connectivity index (χ3v) is 5.47. The van der Waals surface area contributed by atoms with E-state index in [9.17, 15) is 8.42 Å². The van der Waals surface area contributed by atoms with E-state index in [1.165, 1.54) is 17.4 Å². The average Bonchev–Trinajstić information content (AvgIpc) is 2.49. The van der Waals surface area contributed by atoms with Crippen LogP contribution in [0, 0.1) is 0 Å². The van der Waals surface area contributed by atoms with Crippen LogP contribution in [-0.4, -0.2) is 26.4 Å². The lowest BCUT2D eigenvalue weighted by Crippen LogP contribution is -2.26. The summed E-state index contributed by atoms with van der Waals surface area (Å²) >= 11 is 5.99. The number of nitrogens with zero attached hydrogens (tertiary/aromatic N) is 1. The summed E-state index contributed by atoms with van der Waals surface area (Å²) in [6.07, 6.45) is 0. The van der Waals surface area contributed by atoms with E-state index in [-0.39, 0.29) is 16.5 Å². The second-order valence-corrected chi connectivity index (χ2v) is 7.19. The number of benzene rings is 2. The van der Waals surface area contributed by atoms with E-state index in [0.717, 1.165) is 11.3 Å². The van der Waals surface area contributed by atoms with Gasteiger partial charge in [0.1, 0.15) is 10.6 Å². The first-order chi connectivity index (χ1) is 10.4. The topological polar surface area (TPSA) is 46.6 Å². The molecule has 0 aromatic heterocycles. The maximum absolute atomic E-state index is 12.5. The Balaban J connectivity index is 2.17. The number of ether oxygens (including phenoxy) is 1. The van der Waals surface area contributed by atoms with E-state index in [1.54, 1.807) is 18.2 Å². The first-order valence-corrected chi connectivity index (χ1v) is 8.69. The normalized spacial score (nSPS) is 11.6. The highest BCUT2D eigenvalue weighted by atomic mass is 35.5. The van der Waals surface area contributed by atoms with Crippen molar-refractivity contribution in [2.24, 2.45) is 0 Å². The van der Waals surface area contributed by atoms with Gasteiger partial charge in [-0.15, -0.1) is 0 Å². The van der Waals surface area contributed by atoms with Crippen LogP contribution in [0.5, 0.6) is 5.75 Å². The zero-order valence-corrected chi connectivity index (χ0v) is 14.1. The van der Waals surface area contributed by atoms with Crippen LogP contribution in [0.25, 0.3) is 0 Å². The van der Waals surface area contributed by atoms with E-state index < -0.39 is 10.0 Å². The number of hydrogen-bond donors (Lipinski definition) is 0. The Kier molecular flexibility index (Phi) is 5.45. The quantitative estimate of drug-likeness (QED) is 0.808. The molecule has 0 aliphatic rings. The van der Waals surface area contributed by atoms with Crippen LogP contribution >= 0.6 is 11.6 Å². The second-order valence-electron chi connectivity index (χ2n) is 4.77. The fourth-order valence-corrected chi connectivity index (χ4v) is 3.67. The van der Waals surface area contributed by atoms with Gasteiger partial charge in [0.25, 0.3) is 0 Å². The molecular weight excluding hydrogens is 322 g/mol. The van der Waals surface area contributed by atoms with Crippen molar-refractivity contribution in [3.05, 3.63) is 59.1 Å². The monoisotopic (exact) mass is 339 g/mol. The summed E-state index contributed by atoms with van der Waals surface area (Å²) in [6.45, 7) is 2.78. The van der Waals surface area contributed by atoms with Crippen molar-refractivity contribution in [3.63, 3.8) is 0 Å². The van der Waals surface area contributed by atoms with Gasteiger partial charge < -0.3 is 4.74 Å². The Hall–Kier alpha value is -1.56. The predicted molar refractivity (Wildman–Crippen MR) is 87.7 cm³/mol. The van der Waals surface area contributed by atoms with Crippen molar-refractivity contribution in [1.29, 1.82) is 0 Å². The van der Waals surface area contributed by atoms with E-state index in [2.05, 4.69) is 0 Å². The van der Waals surface area contributed by atoms with Crippen molar-refractivity contribution >= 4 is 21.6 Å². The Morgan fingerprint density at radius 1 is 1.09 bits per heavy atom. The SMILES string of the molecule is CCOc1ccc(CN(C)S(=O)(=O)c2ccccc2Cl)cc1. The molecule has 4 nitrogen and oxygen atoms in total. The molecule has 0 saturated carbocycles. The van der Waals surface area contributed by atoms with Gasteiger partial charge in [-0.3, -0.25) is 0 Å². The van der Waals surface area contributed by atoms with Gasteiger partial charge in [-0.2, -0.15) is 4.31 Å². The van der Waals surface area contributed by atoms with E-state index in [4.69, 9.17) is 16.3 Å². The van der Waals surface area contributed by atoms with Gasteiger partial charge in [0, 0.05) is 13.6 Å². The molecule has 22 heavy (non-hydrogen) atoms. The lowest BCUT2D eigenvalue weighted by atomic mass is 10.2. The molecule has 0 N–H and O–H groups in total. The molecule has 6 heteroatoms. The molecule has 0 fully saturated rings. The molecule has 0 spiro atoms. The van der Waals surface area contributed by atoms with Crippen molar-refractivity contribution in [1.82, 2.24) is 4.31 Å². The van der Waals surface area contributed by atoms with Crippen molar-refractivity contribution in [2.45, 2.75) is 18.4 Å². The van der Waals surface area contributed by atoms with E-state index in [1.807, 2.05) is 31.2 Å². The van der Waals surface area contributed by atoms with Gasteiger partial charge in [-0.05, 0) is 36.8 Å². The highest BCUT2D eigenvalue weighted by Crippen LogP contribution is 2.24. The second kappa shape index (κ2) is 7.13. The molecule has 118 valence electrons. The minimum absolute atomic E-state index is 0.116. The Bertz CT molecular complexity index is 729. The third-order valence-electron chi connectivity index (χ3n) is 3.16. The number of halogens is 1. The summed E-state index contributed by atoms with van der Waals surface area (Å²) < 4.78 is 31.7. The third kappa shape index (κ3) is 3.80. The van der Waals surface area contributed by atoms with Crippen LogP contribution < -0.4 is 4.74 Å². The average molecular weight is 340 g/mol. The molecule has 2 aromatic rings. The van der Waals surface area contributed by atoms with E-state index >= 15 is 0 Å². The number of rotatable bonds is 6. The summed E-state index contributed by atoms with van der Waals surface area (Å²) in [7, 11) is -2.08. The van der Waals surface area contributed by atoms with Crippen LogP contribution in [0.15, 0.2) is 53.4 Å². The summed E-state index contributed by atoms with van der Waals surface area (Å²) in [4.78, 5) is 0.116. The molecule has 0 radical (unpaired) electrons. The number of sulfonamides is 1. The molecule has 0 bridgehead atoms. The summed E-state index contributed by atoms with van der Waals surface area (Å²) in [6, 6.07) is 13.8. The molecule has 0 aliphatic heterocycles. The number of hydrogen-bond acceptors (Lipinski definition) is 3. The van der Waals surface area contributed by atoms with Crippen LogP contribution in [0.2, 0.25) is 5.02 Å². The summed E-state index contributed by atoms with van der Waals surface area (Å²) in [5.74, 6) is 0.767. The largest absolute Gasteiger partial charge is 0.494 e. The first kappa shape index (κ1) is 16.8. The van der Waals surface area contributed by atoms with Gasteiger partial charge in [-0.25, -0.2) is 8.42 Å². The Morgan fingerprint density at radius 3 is 2.32 bits per heavy atom. The van der Waals surface area contributed by atoms with Gasteiger partial charge in [0.15, 0.2) is 0 Å². The van der Waals surface area contributed by atoms with Crippen molar-refractivity contribution in [3.8, 4) is 5.75 Å². The molecule has 0 amide bonds.